The predicted octanol–water partition coefficient (Wildman–Crippen LogP) is 3.33. The third-order valence-electron chi connectivity index (χ3n) is 3.37. The summed E-state index contributed by atoms with van der Waals surface area (Å²) in [6.45, 7) is 3.36. The van der Waals surface area contributed by atoms with Gasteiger partial charge >= 0.3 is 6.18 Å². The molecule has 1 unspecified atom stereocenters. The van der Waals surface area contributed by atoms with Crippen molar-refractivity contribution >= 4 is 29.9 Å². The average Bonchev–Trinajstić information content (AvgIpc) is 2.49. The van der Waals surface area contributed by atoms with Gasteiger partial charge in [0.15, 0.2) is 0 Å². The van der Waals surface area contributed by atoms with Crippen LogP contribution in [-0.2, 0) is 11.0 Å². The van der Waals surface area contributed by atoms with Crippen molar-refractivity contribution in [3.05, 3.63) is 29.3 Å². The molecule has 5 nitrogen and oxygen atoms in total. The Morgan fingerprint density at radius 1 is 1.24 bits per heavy atom. The Kier molecular flexibility index (Phi) is 9.51. The third kappa shape index (κ3) is 7.74. The van der Waals surface area contributed by atoms with E-state index in [2.05, 4.69) is 10.6 Å². The summed E-state index contributed by atoms with van der Waals surface area (Å²) in [6, 6.07) is 2.44. The molecule has 0 saturated heterocycles. The maximum absolute atomic E-state index is 13.0. The van der Waals surface area contributed by atoms with Crippen molar-refractivity contribution in [2.24, 2.45) is 5.73 Å². The fourth-order valence-corrected chi connectivity index (χ4v) is 2.17. The Morgan fingerprint density at radius 2 is 1.88 bits per heavy atom. The molecule has 0 spiro atoms. The molecule has 142 valence electrons. The van der Waals surface area contributed by atoms with Gasteiger partial charge in [-0.25, -0.2) is 0 Å². The SMILES string of the molecule is CCCCC(CN)NC(=O)c1cc(NC(C)=O)cc(C(F)(F)F)c1.Cl. The summed E-state index contributed by atoms with van der Waals surface area (Å²) in [6.07, 6.45) is -2.21. The number of carbonyl (C=O) groups is 2. The van der Waals surface area contributed by atoms with Crippen LogP contribution in [0.4, 0.5) is 18.9 Å². The first-order valence-corrected chi connectivity index (χ1v) is 7.68. The van der Waals surface area contributed by atoms with E-state index in [-0.39, 0.29) is 36.2 Å². The van der Waals surface area contributed by atoms with E-state index in [1.165, 1.54) is 13.0 Å². The number of nitrogens with one attached hydrogen (secondary N) is 2. The van der Waals surface area contributed by atoms with Crippen molar-refractivity contribution in [2.45, 2.75) is 45.3 Å². The minimum Gasteiger partial charge on any atom is -0.348 e. The number of amides is 2. The van der Waals surface area contributed by atoms with Crippen molar-refractivity contribution in [3.8, 4) is 0 Å². The van der Waals surface area contributed by atoms with Gasteiger partial charge in [-0.05, 0) is 24.6 Å². The summed E-state index contributed by atoms with van der Waals surface area (Å²) in [4.78, 5) is 23.3. The molecule has 1 atom stereocenters. The van der Waals surface area contributed by atoms with Crippen molar-refractivity contribution in [1.82, 2.24) is 5.32 Å². The van der Waals surface area contributed by atoms with E-state index in [0.717, 1.165) is 25.0 Å². The normalized spacial score (nSPS) is 12.1. The van der Waals surface area contributed by atoms with Gasteiger partial charge in [0.25, 0.3) is 5.91 Å². The Morgan fingerprint density at radius 3 is 2.36 bits per heavy atom. The van der Waals surface area contributed by atoms with Gasteiger partial charge in [-0.2, -0.15) is 13.2 Å². The molecule has 0 aliphatic rings. The lowest BCUT2D eigenvalue weighted by atomic mass is 10.1. The molecule has 0 aromatic heterocycles. The fraction of sp³-hybridized carbons (Fsp3) is 0.500. The Hall–Kier alpha value is -1.80. The predicted molar refractivity (Wildman–Crippen MR) is 92.8 cm³/mol. The first kappa shape index (κ1) is 23.2. The Balaban J connectivity index is 0.00000576. The summed E-state index contributed by atoms with van der Waals surface area (Å²) in [5.74, 6) is -1.18. The monoisotopic (exact) mass is 381 g/mol. The van der Waals surface area contributed by atoms with Gasteiger partial charge in [0, 0.05) is 30.8 Å². The van der Waals surface area contributed by atoms with Crippen LogP contribution in [0.15, 0.2) is 18.2 Å². The van der Waals surface area contributed by atoms with Gasteiger partial charge in [0.2, 0.25) is 5.91 Å². The van der Waals surface area contributed by atoms with E-state index in [0.29, 0.717) is 6.42 Å². The van der Waals surface area contributed by atoms with Crippen molar-refractivity contribution < 1.29 is 22.8 Å². The second-order valence-electron chi connectivity index (χ2n) is 5.53. The molecule has 1 rings (SSSR count). The highest BCUT2D eigenvalue weighted by atomic mass is 35.5. The number of carbonyl (C=O) groups excluding carboxylic acids is 2. The zero-order valence-corrected chi connectivity index (χ0v) is 14.9. The van der Waals surface area contributed by atoms with Crippen LogP contribution in [0.1, 0.15) is 49.0 Å². The lowest BCUT2D eigenvalue weighted by Crippen LogP contribution is -2.40. The molecule has 0 radical (unpaired) electrons. The summed E-state index contributed by atoms with van der Waals surface area (Å²) < 4.78 is 38.9. The average molecular weight is 382 g/mol. The van der Waals surface area contributed by atoms with Crippen LogP contribution in [0.2, 0.25) is 0 Å². The number of unbranched alkanes of at least 4 members (excludes halogenated alkanes) is 1. The minimum atomic E-state index is -4.63. The van der Waals surface area contributed by atoms with Crippen molar-refractivity contribution in [2.75, 3.05) is 11.9 Å². The van der Waals surface area contributed by atoms with E-state index in [4.69, 9.17) is 5.73 Å². The van der Waals surface area contributed by atoms with E-state index in [9.17, 15) is 22.8 Å². The molecule has 1 aromatic carbocycles. The van der Waals surface area contributed by atoms with Crippen LogP contribution in [-0.4, -0.2) is 24.4 Å². The summed E-state index contributed by atoms with van der Waals surface area (Å²) in [7, 11) is 0. The van der Waals surface area contributed by atoms with Gasteiger partial charge in [-0.1, -0.05) is 19.8 Å². The van der Waals surface area contributed by atoms with Crippen LogP contribution in [0.5, 0.6) is 0 Å². The van der Waals surface area contributed by atoms with Gasteiger partial charge in [-0.3, -0.25) is 9.59 Å². The van der Waals surface area contributed by atoms with Gasteiger partial charge in [0.05, 0.1) is 5.56 Å². The van der Waals surface area contributed by atoms with E-state index >= 15 is 0 Å². The highest BCUT2D eigenvalue weighted by molar-refractivity contribution is 5.97. The molecule has 1 aromatic rings. The molecule has 4 N–H and O–H groups in total. The number of hydrogen-bond donors (Lipinski definition) is 3. The summed E-state index contributed by atoms with van der Waals surface area (Å²) in [5, 5.41) is 4.90. The number of rotatable bonds is 7. The van der Waals surface area contributed by atoms with Crippen LogP contribution < -0.4 is 16.4 Å². The Labute approximate surface area is 150 Å². The molecule has 2 amide bonds. The second kappa shape index (κ2) is 10.2. The number of anilines is 1. The molecular weight excluding hydrogens is 359 g/mol. The maximum Gasteiger partial charge on any atom is 0.416 e. The van der Waals surface area contributed by atoms with E-state index in [1.54, 1.807) is 0 Å². The third-order valence-corrected chi connectivity index (χ3v) is 3.37. The molecule has 0 heterocycles. The standard InChI is InChI=1S/C16H22F3N3O2.ClH/c1-3-4-5-13(9-20)22-15(24)11-6-12(16(17,18)19)8-14(7-11)21-10(2)23;/h6-8,13H,3-5,9,20H2,1-2H3,(H,21,23)(H,22,24);1H. The molecule has 25 heavy (non-hydrogen) atoms. The lowest BCUT2D eigenvalue weighted by Gasteiger charge is -2.18. The number of halogens is 4. The smallest absolute Gasteiger partial charge is 0.348 e. The lowest BCUT2D eigenvalue weighted by molar-refractivity contribution is -0.137. The second-order valence-corrected chi connectivity index (χ2v) is 5.53. The highest BCUT2D eigenvalue weighted by Crippen LogP contribution is 2.32. The number of alkyl halides is 3. The zero-order chi connectivity index (χ0) is 18.3. The van der Waals surface area contributed by atoms with E-state index in [1.807, 2.05) is 6.92 Å². The molecule has 0 saturated carbocycles. The number of nitrogens with two attached hydrogens (primary N) is 1. The van der Waals surface area contributed by atoms with Crippen molar-refractivity contribution in [3.63, 3.8) is 0 Å². The first-order valence-electron chi connectivity index (χ1n) is 7.68. The van der Waals surface area contributed by atoms with Crippen LogP contribution >= 0.6 is 12.4 Å². The quantitative estimate of drug-likeness (QED) is 0.677. The summed E-state index contributed by atoms with van der Waals surface area (Å²) in [5.41, 5.74) is 4.32. The highest BCUT2D eigenvalue weighted by Gasteiger charge is 2.32. The van der Waals surface area contributed by atoms with Crippen LogP contribution in [0.3, 0.4) is 0 Å². The zero-order valence-electron chi connectivity index (χ0n) is 14.1. The largest absolute Gasteiger partial charge is 0.416 e. The Bertz CT molecular complexity index is 594. The molecule has 0 aliphatic carbocycles. The van der Waals surface area contributed by atoms with Gasteiger partial charge in [-0.15, -0.1) is 12.4 Å². The topological polar surface area (TPSA) is 84.2 Å². The minimum absolute atomic E-state index is 0. The molecule has 0 bridgehead atoms. The molecule has 0 aliphatic heterocycles. The number of benzene rings is 1. The van der Waals surface area contributed by atoms with E-state index < -0.39 is 23.6 Å². The number of hydrogen-bond acceptors (Lipinski definition) is 3. The molecule has 0 fully saturated rings. The van der Waals surface area contributed by atoms with Crippen LogP contribution in [0.25, 0.3) is 0 Å². The molecule has 9 heteroatoms. The first-order chi connectivity index (χ1) is 11.2. The van der Waals surface area contributed by atoms with Gasteiger partial charge in [0.1, 0.15) is 0 Å². The van der Waals surface area contributed by atoms with Crippen LogP contribution in [0, 0.1) is 0 Å². The summed E-state index contributed by atoms with van der Waals surface area (Å²) >= 11 is 0. The van der Waals surface area contributed by atoms with Crippen molar-refractivity contribution in [1.29, 1.82) is 0 Å². The maximum atomic E-state index is 13.0. The fourth-order valence-electron chi connectivity index (χ4n) is 2.17. The van der Waals surface area contributed by atoms with Gasteiger partial charge < -0.3 is 16.4 Å². The molecular formula is C16H23ClF3N3O2.